The normalized spacial score (nSPS) is 10.4. The summed E-state index contributed by atoms with van der Waals surface area (Å²) in [7, 11) is 0. The van der Waals surface area contributed by atoms with Gasteiger partial charge < -0.3 is 5.11 Å². The molecule has 14 heavy (non-hydrogen) atoms. The van der Waals surface area contributed by atoms with Gasteiger partial charge in [0.2, 0.25) is 0 Å². The van der Waals surface area contributed by atoms with Crippen LogP contribution in [0.25, 0.3) is 10.2 Å². The zero-order valence-electron chi connectivity index (χ0n) is 6.82. The van der Waals surface area contributed by atoms with Crippen LogP contribution in [0.1, 0.15) is 0 Å². The van der Waals surface area contributed by atoms with Gasteiger partial charge in [0.15, 0.2) is 5.13 Å². The van der Waals surface area contributed by atoms with Crippen molar-refractivity contribution in [1.29, 1.82) is 0 Å². The molecule has 1 heterocycles. The number of nitrogens with zero attached hydrogens (tertiary/aromatic N) is 1. The molecular formula is C8H5FN2O2S. The zero-order valence-corrected chi connectivity index (χ0v) is 7.64. The second kappa shape index (κ2) is 3.22. The van der Waals surface area contributed by atoms with E-state index in [1.54, 1.807) is 0 Å². The average molecular weight is 212 g/mol. The summed E-state index contributed by atoms with van der Waals surface area (Å²) in [6.07, 6.45) is -1.18. The first-order chi connectivity index (χ1) is 6.65. The third-order valence-electron chi connectivity index (χ3n) is 1.56. The van der Waals surface area contributed by atoms with Crippen LogP contribution in [-0.2, 0) is 0 Å². The molecular weight excluding hydrogens is 207 g/mol. The Bertz CT molecular complexity index is 497. The highest BCUT2D eigenvalue weighted by atomic mass is 32.1. The first-order valence-electron chi connectivity index (χ1n) is 3.71. The predicted octanol–water partition coefficient (Wildman–Crippen LogP) is 2.53. The van der Waals surface area contributed by atoms with Crippen molar-refractivity contribution in [2.75, 3.05) is 5.32 Å². The number of hydrogen-bond acceptors (Lipinski definition) is 3. The van der Waals surface area contributed by atoms with Crippen LogP contribution in [0.5, 0.6) is 0 Å². The number of rotatable bonds is 1. The van der Waals surface area contributed by atoms with E-state index in [-0.39, 0.29) is 10.9 Å². The van der Waals surface area contributed by atoms with Gasteiger partial charge in [0.05, 0.1) is 10.2 Å². The molecule has 0 saturated carbocycles. The molecule has 1 aromatic heterocycles. The number of fused-ring (bicyclic) bond motifs is 1. The molecule has 1 amide bonds. The van der Waals surface area contributed by atoms with Crippen molar-refractivity contribution >= 4 is 32.8 Å². The van der Waals surface area contributed by atoms with E-state index in [0.717, 1.165) is 11.3 Å². The van der Waals surface area contributed by atoms with Gasteiger partial charge in [0, 0.05) is 0 Å². The minimum absolute atomic E-state index is 0.248. The number of benzene rings is 1. The SMILES string of the molecule is O=C(O)Nc1nc2ccc(F)cc2s1. The Morgan fingerprint density at radius 2 is 2.36 bits per heavy atom. The molecule has 0 atom stereocenters. The van der Waals surface area contributed by atoms with Crippen molar-refractivity contribution in [2.45, 2.75) is 0 Å². The second-order valence-corrected chi connectivity index (χ2v) is 3.59. The molecule has 1 aromatic carbocycles. The van der Waals surface area contributed by atoms with E-state index in [1.165, 1.54) is 18.2 Å². The molecule has 0 aliphatic rings. The van der Waals surface area contributed by atoms with E-state index in [2.05, 4.69) is 10.3 Å². The summed E-state index contributed by atoms with van der Waals surface area (Å²) in [6.45, 7) is 0. The fraction of sp³-hybridized carbons (Fsp3) is 0. The van der Waals surface area contributed by atoms with Crippen molar-refractivity contribution in [1.82, 2.24) is 4.98 Å². The van der Waals surface area contributed by atoms with Crippen LogP contribution in [-0.4, -0.2) is 16.2 Å². The molecule has 0 radical (unpaired) electrons. The Morgan fingerprint density at radius 1 is 1.57 bits per heavy atom. The molecule has 72 valence electrons. The van der Waals surface area contributed by atoms with E-state index in [9.17, 15) is 9.18 Å². The molecule has 0 spiro atoms. The number of thiazole rings is 1. The number of nitrogens with one attached hydrogen (secondary N) is 1. The minimum atomic E-state index is -1.18. The van der Waals surface area contributed by atoms with Gasteiger partial charge >= 0.3 is 6.09 Å². The lowest BCUT2D eigenvalue weighted by Gasteiger charge is -1.89. The lowest BCUT2D eigenvalue weighted by atomic mass is 10.3. The van der Waals surface area contributed by atoms with Crippen LogP contribution < -0.4 is 5.32 Å². The molecule has 0 aliphatic carbocycles. The average Bonchev–Trinajstić information content (AvgIpc) is 2.44. The number of halogens is 1. The summed E-state index contributed by atoms with van der Waals surface area (Å²) in [6, 6.07) is 4.11. The summed E-state index contributed by atoms with van der Waals surface area (Å²) in [5.41, 5.74) is 0.583. The van der Waals surface area contributed by atoms with Gasteiger partial charge in [-0.2, -0.15) is 0 Å². The van der Waals surface area contributed by atoms with E-state index in [4.69, 9.17) is 5.11 Å². The number of anilines is 1. The molecule has 6 heteroatoms. The maximum Gasteiger partial charge on any atom is 0.410 e. The van der Waals surface area contributed by atoms with E-state index < -0.39 is 6.09 Å². The van der Waals surface area contributed by atoms with E-state index >= 15 is 0 Å². The maximum absolute atomic E-state index is 12.8. The predicted molar refractivity (Wildman–Crippen MR) is 51.2 cm³/mol. The quantitative estimate of drug-likeness (QED) is 0.763. The fourth-order valence-electron chi connectivity index (χ4n) is 1.04. The highest BCUT2D eigenvalue weighted by Gasteiger charge is 2.06. The highest BCUT2D eigenvalue weighted by molar-refractivity contribution is 7.22. The van der Waals surface area contributed by atoms with Crippen LogP contribution in [0.2, 0.25) is 0 Å². The summed E-state index contributed by atoms with van der Waals surface area (Å²) < 4.78 is 13.4. The van der Waals surface area contributed by atoms with Crippen LogP contribution in [0.4, 0.5) is 14.3 Å². The van der Waals surface area contributed by atoms with E-state index in [1.807, 2.05) is 0 Å². The Balaban J connectivity index is 2.46. The number of aromatic nitrogens is 1. The molecule has 2 N–H and O–H groups in total. The third kappa shape index (κ3) is 1.64. The van der Waals surface area contributed by atoms with Gasteiger partial charge in [-0.25, -0.2) is 14.2 Å². The van der Waals surface area contributed by atoms with Gasteiger partial charge in [0.1, 0.15) is 5.82 Å². The van der Waals surface area contributed by atoms with Gasteiger partial charge in [0.25, 0.3) is 0 Å². The van der Waals surface area contributed by atoms with E-state index in [0.29, 0.717) is 10.2 Å². The second-order valence-electron chi connectivity index (χ2n) is 2.56. The van der Waals surface area contributed by atoms with Crippen LogP contribution >= 0.6 is 11.3 Å². The van der Waals surface area contributed by atoms with Crippen molar-refractivity contribution in [3.8, 4) is 0 Å². The maximum atomic E-state index is 12.8. The van der Waals surface area contributed by atoms with Crippen LogP contribution in [0.3, 0.4) is 0 Å². The molecule has 0 saturated heterocycles. The Labute approximate surface area is 82.0 Å². The number of carbonyl (C=O) groups is 1. The topological polar surface area (TPSA) is 62.2 Å². The van der Waals surface area contributed by atoms with Crippen molar-refractivity contribution in [3.63, 3.8) is 0 Å². The highest BCUT2D eigenvalue weighted by Crippen LogP contribution is 2.26. The van der Waals surface area contributed by atoms with Crippen LogP contribution in [0.15, 0.2) is 18.2 Å². The molecule has 0 unspecified atom stereocenters. The molecule has 2 aromatic rings. The van der Waals surface area contributed by atoms with Gasteiger partial charge in [-0.3, -0.25) is 5.32 Å². The minimum Gasteiger partial charge on any atom is -0.465 e. The van der Waals surface area contributed by atoms with Crippen molar-refractivity contribution in [3.05, 3.63) is 24.0 Å². The van der Waals surface area contributed by atoms with Gasteiger partial charge in [-0.15, -0.1) is 0 Å². The first-order valence-corrected chi connectivity index (χ1v) is 4.53. The monoisotopic (exact) mass is 212 g/mol. The van der Waals surface area contributed by atoms with Crippen molar-refractivity contribution < 1.29 is 14.3 Å². The summed E-state index contributed by atoms with van der Waals surface area (Å²) in [5.74, 6) is -0.358. The smallest absolute Gasteiger partial charge is 0.410 e. The molecule has 4 nitrogen and oxygen atoms in total. The van der Waals surface area contributed by atoms with Gasteiger partial charge in [-0.1, -0.05) is 11.3 Å². The third-order valence-corrected chi connectivity index (χ3v) is 2.50. The lowest BCUT2D eigenvalue weighted by molar-refractivity contribution is 0.210. The molecule has 0 bridgehead atoms. The number of carboxylic acid groups (broad SMARTS) is 1. The van der Waals surface area contributed by atoms with Crippen LogP contribution in [0, 0.1) is 5.82 Å². The molecule has 0 fully saturated rings. The van der Waals surface area contributed by atoms with Gasteiger partial charge in [-0.05, 0) is 18.2 Å². The number of hydrogen-bond donors (Lipinski definition) is 2. The Morgan fingerprint density at radius 3 is 3.07 bits per heavy atom. The summed E-state index contributed by atoms with van der Waals surface area (Å²) in [5, 5.41) is 10.8. The standard InChI is InChI=1S/C8H5FN2O2S/c9-4-1-2-5-6(3-4)14-7(10-5)11-8(12)13/h1-3H,(H,10,11)(H,12,13). The van der Waals surface area contributed by atoms with Crippen molar-refractivity contribution in [2.24, 2.45) is 0 Å². The zero-order chi connectivity index (χ0) is 10.1. The lowest BCUT2D eigenvalue weighted by Crippen LogP contribution is -2.06. The summed E-state index contributed by atoms with van der Waals surface area (Å²) in [4.78, 5) is 14.2. The molecule has 0 aliphatic heterocycles. The first kappa shape index (κ1) is 8.89. The fourth-order valence-corrected chi connectivity index (χ4v) is 1.92. The Kier molecular flexibility index (Phi) is 2.05. The number of amides is 1. The largest absolute Gasteiger partial charge is 0.465 e. The molecule has 2 rings (SSSR count). The summed E-state index contributed by atoms with van der Waals surface area (Å²) >= 11 is 1.10. The Hall–Kier alpha value is -1.69.